The van der Waals surface area contributed by atoms with Gasteiger partial charge in [0.2, 0.25) is 10.6 Å². The first kappa shape index (κ1) is 30.1. The fourth-order valence-corrected chi connectivity index (χ4v) is 5.88. The van der Waals surface area contributed by atoms with E-state index in [1.54, 1.807) is 0 Å². The third-order valence-electron chi connectivity index (χ3n) is 7.07. The van der Waals surface area contributed by atoms with Crippen LogP contribution in [0.2, 0.25) is 5.28 Å². The normalized spacial score (nSPS) is 25.2. The smallest absolute Gasteiger partial charge is 0.361 e. The second kappa shape index (κ2) is 12.5. The van der Waals surface area contributed by atoms with Crippen molar-refractivity contribution in [1.29, 1.82) is 0 Å². The summed E-state index contributed by atoms with van der Waals surface area (Å²) in [4.78, 5) is 28.9. The Morgan fingerprint density at radius 1 is 1.24 bits per heavy atom. The van der Waals surface area contributed by atoms with Gasteiger partial charge in [-0.05, 0) is 24.4 Å². The van der Waals surface area contributed by atoms with E-state index in [2.05, 4.69) is 41.0 Å². The molecule has 3 aromatic rings. The van der Waals surface area contributed by atoms with E-state index in [-0.39, 0.29) is 29.4 Å². The molecule has 20 heteroatoms. The number of aromatic nitrogens is 8. The molecule has 4 heterocycles. The molecule has 41 heavy (non-hydrogen) atoms. The van der Waals surface area contributed by atoms with Gasteiger partial charge in [-0.2, -0.15) is 20.3 Å². The van der Waals surface area contributed by atoms with Gasteiger partial charge in [-0.25, -0.2) is 4.68 Å². The molecule has 1 aliphatic carbocycles. The molecular weight excluding hydrogens is 589 g/mol. The van der Waals surface area contributed by atoms with E-state index in [1.807, 2.05) is 0 Å². The number of nitrogens with one attached hydrogen (secondary N) is 2. The number of halogens is 1. The SMILES string of the molecule is COC[C@](COCc1nn[nH]n1)(OC[C@H]1O[C@@H](n2ncc3c(NC4CCCC4)nc(Cl)nc32)[C@H](O)[C@@H]1O)P(=O)(O)O. The van der Waals surface area contributed by atoms with Crippen molar-refractivity contribution < 1.29 is 43.5 Å². The maximum Gasteiger partial charge on any atom is 0.361 e. The lowest BCUT2D eigenvalue weighted by Gasteiger charge is -2.34. The van der Waals surface area contributed by atoms with Crippen LogP contribution in [0.5, 0.6) is 0 Å². The first-order valence-electron chi connectivity index (χ1n) is 12.8. The van der Waals surface area contributed by atoms with Gasteiger partial charge >= 0.3 is 7.60 Å². The molecule has 3 aromatic heterocycles. The minimum absolute atomic E-state index is 0.0421. The number of methoxy groups -OCH3 is 1. The Morgan fingerprint density at radius 2 is 2.02 bits per heavy atom. The third kappa shape index (κ3) is 6.36. The summed E-state index contributed by atoms with van der Waals surface area (Å²) in [7, 11) is -3.80. The Hall–Kier alpha value is -2.38. The van der Waals surface area contributed by atoms with Gasteiger partial charge in [-0.3, -0.25) is 4.57 Å². The van der Waals surface area contributed by atoms with Gasteiger partial charge in [-0.1, -0.05) is 18.1 Å². The molecular formula is C21H31ClN9O9P. The lowest BCUT2D eigenvalue weighted by Crippen LogP contribution is -2.45. The zero-order valence-corrected chi connectivity index (χ0v) is 23.6. The van der Waals surface area contributed by atoms with Crippen molar-refractivity contribution in [2.75, 3.05) is 32.2 Å². The highest BCUT2D eigenvalue weighted by Crippen LogP contribution is 2.52. The van der Waals surface area contributed by atoms with Gasteiger partial charge in [-0.15, -0.1) is 10.2 Å². The zero-order chi connectivity index (χ0) is 29.2. The predicted octanol–water partition coefficient (Wildman–Crippen LogP) is -0.280. The number of aliphatic hydroxyl groups is 2. The van der Waals surface area contributed by atoms with Crippen molar-refractivity contribution in [2.45, 2.75) is 68.2 Å². The number of hydrogen-bond acceptors (Lipinski definition) is 14. The largest absolute Gasteiger partial charge is 0.387 e. The van der Waals surface area contributed by atoms with Crippen LogP contribution in [-0.2, 0) is 30.1 Å². The molecule has 0 amide bonds. The molecule has 5 atom stereocenters. The topological polar surface area (TPSA) is 245 Å². The molecule has 18 nitrogen and oxygen atoms in total. The standard InChI is InChI=1S/C21H31ClN9O9P/c1-37-9-21(41(34,35)36,10-38-8-14-27-29-30-28-14)39-7-13-15(32)16(33)19(40-13)31-18-12(6-23-31)17(25-20(22)26-18)24-11-4-2-3-5-11/h6,11,13,15-16,19,32-33H,2-5,7-10H2,1H3,(H,24,25,26)(H2,34,35,36)(H,27,28,29,30)/t13-,15-,16-,19-,21+/m1/s1. The molecule has 2 aliphatic rings. The summed E-state index contributed by atoms with van der Waals surface area (Å²) >= 11 is 6.20. The van der Waals surface area contributed by atoms with Gasteiger partial charge in [0, 0.05) is 13.2 Å². The highest BCUT2D eigenvalue weighted by atomic mass is 35.5. The minimum atomic E-state index is -5.03. The monoisotopic (exact) mass is 619 g/mol. The summed E-state index contributed by atoms with van der Waals surface area (Å²) in [6, 6.07) is 0.238. The number of aromatic amines is 1. The summed E-state index contributed by atoms with van der Waals surface area (Å²) in [5, 5.41) is 40.6. The highest BCUT2D eigenvalue weighted by molar-refractivity contribution is 7.53. The molecule has 6 N–H and O–H groups in total. The van der Waals surface area contributed by atoms with Crippen molar-refractivity contribution in [2.24, 2.45) is 0 Å². The molecule has 0 spiro atoms. The number of fused-ring (bicyclic) bond motifs is 1. The number of hydrogen-bond donors (Lipinski definition) is 6. The summed E-state index contributed by atoms with van der Waals surface area (Å²) in [5.74, 6) is 0.650. The van der Waals surface area contributed by atoms with Crippen molar-refractivity contribution in [3.8, 4) is 0 Å². The second-order valence-electron chi connectivity index (χ2n) is 9.89. The number of tetrazole rings is 1. The van der Waals surface area contributed by atoms with Gasteiger partial charge in [0.05, 0.1) is 31.4 Å². The van der Waals surface area contributed by atoms with Crippen LogP contribution >= 0.6 is 19.2 Å². The lowest BCUT2D eigenvalue weighted by molar-refractivity contribution is -0.135. The van der Waals surface area contributed by atoms with E-state index in [9.17, 15) is 24.6 Å². The summed E-state index contributed by atoms with van der Waals surface area (Å²) in [6.07, 6.45) is 0.284. The predicted molar refractivity (Wildman–Crippen MR) is 139 cm³/mol. The third-order valence-corrected chi connectivity index (χ3v) is 8.68. The molecule has 226 valence electrons. The van der Waals surface area contributed by atoms with Crippen LogP contribution in [0.1, 0.15) is 37.7 Å². The molecule has 0 aromatic carbocycles. The second-order valence-corrected chi connectivity index (χ2v) is 12.1. The quantitative estimate of drug-likeness (QED) is 0.106. The molecule has 2 fully saturated rings. The van der Waals surface area contributed by atoms with Crippen molar-refractivity contribution in [1.82, 2.24) is 40.4 Å². The van der Waals surface area contributed by atoms with E-state index in [4.69, 9.17) is 30.5 Å². The van der Waals surface area contributed by atoms with Crippen LogP contribution in [0, 0.1) is 0 Å². The summed E-state index contributed by atoms with van der Waals surface area (Å²) in [6.45, 7) is -1.94. The van der Waals surface area contributed by atoms with Gasteiger partial charge < -0.3 is 44.3 Å². The molecule has 1 saturated carbocycles. The molecule has 1 aliphatic heterocycles. The van der Waals surface area contributed by atoms with Crippen molar-refractivity contribution in [3.05, 3.63) is 17.3 Å². The van der Waals surface area contributed by atoms with Gasteiger partial charge in [0.1, 0.15) is 30.7 Å². The molecule has 5 rings (SSSR count). The van der Waals surface area contributed by atoms with Crippen LogP contribution < -0.4 is 5.32 Å². The number of rotatable bonds is 13. The highest BCUT2D eigenvalue weighted by Gasteiger charge is 2.52. The fourth-order valence-electron chi connectivity index (χ4n) is 4.91. The minimum Gasteiger partial charge on any atom is -0.387 e. The fraction of sp³-hybridized carbons (Fsp3) is 0.714. The van der Waals surface area contributed by atoms with Crippen LogP contribution in [0.15, 0.2) is 6.20 Å². The molecule has 0 bridgehead atoms. The Kier molecular flexibility index (Phi) is 9.15. The van der Waals surface area contributed by atoms with E-state index in [0.29, 0.717) is 11.2 Å². The Balaban J connectivity index is 1.32. The van der Waals surface area contributed by atoms with Crippen LogP contribution in [0.3, 0.4) is 0 Å². The summed E-state index contributed by atoms with van der Waals surface area (Å²) < 4.78 is 35.8. The maximum absolute atomic E-state index is 12.5. The zero-order valence-electron chi connectivity index (χ0n) is 21.9. The average Bonchev–Trinajstić information content (AvgIpc) is 3.73. The van der Waals surface area contributed by atoms with E-state index < -0.39 is 57.3 Å². The van der Waals surface area contributed by atoms with Crippen LogP contribution in [0.4, 0.5) is 5.82 Å². The number of ether oxygens (including phenoxy) is 4. The summed E-state index contributed by atoms with van der Waals surface area (Å²) in [5.41, 5.74) is 0.266. The molecule has 1 saturated heterocycles. The first-order valence-corrected chi connectivity index (χ1v) is 14.8. The number of nitrogens with zero attached hydrogens (tertiary/aromatic N) is 7. The molecule has 0 radical (unpaired) electrons. The first-order chi connectivity index (χ1) is 19.6. The average molecular weight is 620 g/mol. The lowest BCUT2D eigenvalue weighted by atomic mass is 10.1. The number of H-pyrrole nitrogens is 1. The van der Waals surface area contributed by atoms with E-state index in [1.165, 1.54) is 18.0 Å². The number of anilines is 1. The van der Waals surface area contributed by atoms with E-state index >= 15 is 0 Å². The Labute approximate surface area is 237 Å². The maximum atomic E-state index is 12.5. The van der Waals surface area contributed by atoms with Crippen molar-refractivity contribution >= 4 is 36.0 Å². The van der Waals surface area contributed by atoms with Gasteiger partial charge in [0.25, 0.3) is 0 Å². The Bertz CT molecular complexity index is 1360. The van der Waals surface area contributed by atoms with E-state index in [0.717, 1.165) is 25.7 Å². The van der Waals surface area contributed by atoms with Crippen molar-refractivity contribution in [3.63, 3.8) is 0 Å². The number of aliphatic hydroxyl groups excluding tert-OH is 2. The van der Waals surface area contributed by atoms with Crippen LogP contribution in [-0.4, -0.2) is 117 Å². The molecule has 0 unspecified atom stereocenters. The van der Waals surface area contributed by atoms with Crippen LogP contribution in [0.25, 0.3) is 11.0 Å². The van der Waals surface area contributed by atoms with Gasteiger partial charge in [0.15, 0.2) is 17.7 Å². The Morgan fingerprint density at radius 3 is 2.71 bits per heavy atom.